The van der Waals surface area contributed by atoms with Crippen molar-refractivity contribution >= 4 is 28.1 Å². The van der Waals surface area contributed by atoms with Gasteiger partial charge < -0.3 is 5.11 Å². The Labute approximate surface area is 79.2 Å². The predicted octanol–water partition coefficient (Wildman–Crippen LogP) is 3.00. The van der Waals surface area contributed by atoms with E-state index in [0.29, 0.717) is 5.75 Å². The van der Waals surface area contributed by atoms with E-state index >= 15 is 0 Å². The van der Waals surface area contributed by atoms with Crippen LogP contribution in [0.3, 0.4) is 0 Å². The molecule has 0 bridgehead atoms. The maximum Gasteiger partial charge on any atom is 0.150 e. The molecule has 58 valence electrons. The number of phenolic OH excluding ortho intramolecular Hbond substituents is 1. The third-order valence-electron chi connectivity index (χ3n) is 1.78. The van der Waals surface area contributed by atoms with E-state index in [1.165, 1.54) is 0 Å². The first-order valence-electron chi connectivity index (χ1n) is 3.56. The quantitative estimate of drug-likeness (QED) is 0.669. The molecule has 1 aromatic carbocycles. The third-order valence-corrected chi connectivity index (χ3v) is 2.48. The molecule has 0 saturated heterocycles. The van der Waals surface area contributed by atoms with Gasteiger partial charge in [0, 0.05) is 6.08 Å². The molecule has 0 aliphatic heterocycles. The summed E-state index contributed by atoms with van der Waals surface area (Å²) in [7, 11) is 0. The number of hydrogen-bond donors (Lipinski definition) is 1. The van der Waals surface area contributed by atoms with Gasteiger partial charge in [-0.1, -0.05) is 0 Å². The summed E-state index contributed by atoms with van der Waals surface area (Å²) < 4.78 is 0.979. The number of benzene rings is 1. The number of aromatic hydroxyl groups is 1. The summed E-state index contributed by atoms with van der Waals surface area (Å²) in [6, 6.07) is 3.50. The van der Waals surface area contributed by atoms with Crippen molar-refractivity contribution in [2.75, 3.05) is 0 Å². The van der Waals surface area contributed by atoms with Crippen LogP contribution in [0.1, 0.15) is 11.1 Å². The molecule has 1 N–H and O–H groups in total. The highest BCUT2D eigenvalue weighted by molar-refractivity contribution is 9.10. The van der Waals surface area contributed by atoms with Gasteiger partial charge >= 0.3 is 0 Å². The van der Waals surface area contributed by atoms with Crippen LogP contribution in [-0.2, 0) is 0 Å². The average Bonchev–Trinajstić information content (AvgIpc) is 2.12. The van der Waals surface area contributed by atoms with E-state index in [1.807, 2.05) is 18.2 Å². The lowest BCUT2D eigenvalue weighted by Gasteiger charge is -2.00. The molecule has 1 nitrogen and oxygen atoms in total. The van der Waals surface area contributed by atoms with Crippen molar-refractivity contribution in [1.82, 2.24) is 0 Å². The Morgan fingerprint density at radius 1 is 1.25 bits per heavy atom. The molecule has 1 aliphatic carbocycles. The zero-order valence-electron chi connectivity index (χ0n) is 6.21. The minimum atomic E-state index is 0.308. The second-order valence-corrected chi connectivity index (χ2v) is 3.39. The molecule has 0 fully saturated rings. The van der Waals surface area contributed by atoms with Gasteiger partial charge in [0.2, 0.25) is 0 Å². The fourth-order valence-corrected chi connectivity index (χ4v) is 1.64. The van der Waals surface area contributed by atoms with Gasteiger partial charge in [-0.15, -0.1) is 0 Å². The van der Waals surface area contributed by atoms with Gasteiger partial charge in [-0.3, -0.25) is 0 Å². The summed E-state index contributed by atoms with van der Waals surface area (Å²) in [5.74, 6) is 0.308. The molecule has 12 heavy (non-hydrogen) atoms. The fourth-order valence-electron chi connectivity index (χ4n) is 1.18. The van der Waals surface area contributed by atoms with Crippen molar-refractivity contribution in [2.24, 2.45) is 0 Å². The maximum absolute atomic E-state index is 9.46. The second-order valence-electron chi connectivity index (χ2n) is 2.54. The summed E-state index contributed by atoms with van der Waals surface area (Å²) >= 11 is 3.40. The van der Waals surface area contributed by atoms with E-state index in [4.69, 9.17) is 0 Å². The van der Waals surface area contributed by atoms with Crippen LogP contribution in [0.5, 0.6) is 5.75 Å². The van der Waals surface area contributed by atoms with Crippen LogP contribution in [0.2, 0.25) is 0 Å². The summed E-state index contributed by atoms with van der Waals surface area (Å²) in [5.41, 5.74) is 1.83. The summed E-state index contributed by atoms with van der Waals surface area (Å²) in [4.78, 5) is 0. The lowest BCUT2D eigenvalue weighted by atomic mass is 10.0. The molecule has 0 spiro atoms. The number of rotatable bonds is 0. The Balaban J connectivity index is 2.75. The normalized spacial score (nSPS) is 12.4. The Hall–Kier alpha value is -1.11. The molecule has 0 saturated carbocycles. The molecule has 0 aromatic heterocycles. The lowest BCUT2D eigenvalue weighted by molar-refractivity contribution is 0.473. The Morgan fingerprint density at radius 3 is 2.83 bits per heavy atom. The standard InChI is InChI=1S/C10H5BrO/c11-9-5-6-10(12)8-4-2-1-3-7(8)9/h2-6H/p+1. The van der Waals surface area contributed by atoms with Crippen molar-refractivity contribution in [3.63, 3.8) is 0 Å². The highest BCUT2D eigenvalue weighted by atomic mass is 79.9. The SMILES string of the molecule is Oc1ccc(Br)c2c1C=C[C+]=C2. The van der Waals surface area contributed by atoms with Crippen LogP contribution in [0.25, 0.3) is 12.2 Å². The van der Waals surface area contributed by atoms with Gasteiger partial charge in [-0.25, -0.2) is 0 Å². The van der Waals surface area contributed by atoms with E-state index in [-0.39, 0.29) is 0 Å². The van der Waals surface area contributed by atoms with Crippen molar-refractivity contribution < 1.29 is 5.11 Å². The van der Waals surface area contributed by atoms with Crippen molar-refractivity contribution in [3.8, 4) is 5.75 Å². The van der Waals surface area contributed by atoms with Crippen LogP contribution in [0.4, 0.5) is 0 Å². The van der Waals surface area contributed by atoms with Gasteiger partial charge in [0.15, 0.2) is 0 Å². The fraction of sp³-hybridized carbons (Fsp3) is 0. The van der Waals surface area contributed by atoms with Crippen LogP contribution >= 0.6 is 15.9 Å². The van der Waals surface area contributed by atoms with E-state index in [0.717, 1.165) is 15.6 Å². The monoisotopic (exact) mass is 221 g/mol. The van der Waals surface area contributed by atoms with Crippen molar-refractivity contribution in [2.45, 2.75) is 0 Å². The summed E-state index contributed by atoms with van der Waals surface area (Å²) in [5, 5.41) is 9.46. The van der Waals surface area contributed by atoms with Crippen LogP contribution in [0.15, 0.2) is 22.7 Å². The van der Waals surface area contributed by atoms with E-state index in [2.05, 4.69) is 22.0 Å². The zero-order chi connectivity index (χ0) is 8.55. The van der Waals surface area contributed by atoms with Gasteiger partial charge in [0.1, 0.15) is 29.0 Å². The first kappa shape index (κ1) is 7.53. The topological polar surface area (TPSA) is 20.2 Å². The third kappa shape index (κ3) is 1.06. The molecule has 0 heterocycles. The summed E-state index contributed by atoms with van der Waals surface area (Å²) in [6.45, 7) is 0. The molecule has 0 atom stereocenters. The molecule has 0 amide bonds. The van der Waals surface area contributed by atoms with Crippen LogP contribution in [0, 0.1) is 6.08 Å². The molecule has 0 unspecified atom stereocenters. The minimum Gasteiger partial charge on any atom is -0.505 e. The Morgan fingerprint density at radius 2 is 2.08 bits per heavy atom. The zero-order valence-corrected chi connectivity index (χ0v) is 7.80. The van der Waals surface area contributed by atoms with Crippen molar-refractivity contribution in [3.05, 3.63) is 39.9 Å². The molecule has 1 aliphatic rings. The lowest BCUT2D eigenvalue weighted by Crippen LogP contribution is -1.86. The Kier molecular flexibility index (Phi) is 1.72. The van der Waals surface area contributed by atoms with Crippen LogP contribution < -0.4 is 0 Å². The number of fused-ring (bicyclic) bond motifs is 1. The predicted molar refractivity (Wildman–Crippen MR) is 52.5 cm³/mol. The van der Waals surface area contributed by atoms with Gasteiger partial charge in [0.25, 0.3) is 0 Å². The van der Waals surface area contributed by atoms with Gasteiger partial charge in [-0.2, -0.15) is 0 Å². The second kappa shape index (κ2) is 2.74. The number of allylic oxidation sites excluding steroid dienone is 2. The highest BCUT2D eigenvalue weighted by Gasteiger charge is 2.16. The van der Waals surface area contributed by atoms with Crippen molar-refractivity contribution in [1.29, 1.82) is 0 Å². The molecular weight excluding hydrogens is 216 g/mol. The molecule has 0 radical (unpaired) electrons. The van der Waals surface area contributed by atoms with E-state index in [1.54, 1.807) is 12.1 Å². The smallest absolute Gasteiger partial charge is 0.150 e. The highest BCUT2D eigenvalue weighted by Crippen LogP contribution is 2.32. The average molecular weight is 222 g/mol. The maximum atomic E-state index is 9.46. The molecular formula is C10H6BrO+. The first-order chi connectivity index (χ1) is 5.79. The van der Waals surface area contributed by atoms with E-state index in [9.17, 15) is 5.11 Å². The molecule has 2 rings (SSSR count). The largest absolute Gasteiger partial charge is 0.505 e. The van der Waals surface area contributed by atoms with Gasteiger partial charge in [0.05, 0.1) is 10.5 Å². The van der Waals surface area contributed by atoms with Crippen LogP contribution in [-0.4, -0.2) is 5.11 Å². The van der Waals surface area contributed by atoms with Gasteiger partial charge in [-0.05, 0) is 28.1 Å². The first-order valence-corrected chi connectivity index (χ1v) is 4.35. The Bertz CT molecular complexity index is 341. The summed E-state index contributed by atoms with van der Waals surface area (Å²) in [6.07, 6.45) is 8.44. The number of halogens is 1. The number of hydrogen-bond acceptors (Lipinski definition) is 1. The minimum absolute atomic E-state index is 0.308. The number of phenols is 1. The molecule has 2 heteroatoms. The van der Waals surface area contributed by atoms with E-state index < -0.39 is 0 Å². The molecule has 1 aromatic rings.